The maximum absolute atomic E-state index is 12.4. The molecule has 0 bridgehead atoms. The van der Waals surface area contributed by atoms with Crippen molar-refractivity contribution in [1.82, 2.24) is 0 Å². The van der Waals surface area contributed by atoms with Crippen LogP contribution in [0.2, 0.25) is 5.02 Å². The Kier molecular flexibility index (Phi) is 6.66. The van der Waals surface area contributed by atoms with Gasteiger partial charge in [0.25, 0.3) is 0 Å². The lowest BCUT2D eigenvalue weighted by atomic mass is 10.1. The summed E-state index contributed by atoms with van der Waals surface area (Å²) in [6, 6.07) is 9.87. The second kappa shape index (κ2) is 9.19. The normalized spacial score (nSPS) is 15.1. The number of nitrogens with one attached hydrogen (secondary N) is 1. The molecule has 2 aromatic carbocycles. The summed E-state index contributed by atoms with van der Waals surface area (Å²) in [5.41, 5.74) is 0.885. The van der Waals surface area contributed by atoms with Crippen molar-refractivity contribution in [2.24, 2.45) is 0 Å². The SMILES string of the molecule is COc1ccc(C(=O)COC(=O)CC2Sc3ccc(Cl)cc3NC2=O)c(OC)c1. The molecule has 3 rings (SSSR count). The molecule has 0 fully saturated rings. The van der Waals surface area contributed by atoms with Gasteiger partial charge in [-0.3, -0.25) is 14.4 Å². The number of ketones is 1. The summed E-state index contributed by atoms with van der Waals surface area (Å²) in [5.74, 6) is -0.514. The standard InChI is InChI=1S/C20H18ClNO6S/c1-26-12-4-5-13(16(8-12)27-2)15(23)10-28-19(24)9-18-20(25)22-14-7-11(21)3-6-17(14)29-18/h3-8,18H,9-10H2,1-2H3,(H,22,25). The highest BCUT2D eigenvalue weighted by atomic mass is 35.5. The average molecular weight is 436 g/mol. The zero-order chi connectivity index (χ0) is 21.0. The molecule has 1 aliphatic rings. The fourth-order valence-electron chi connectivity index (χ4n) is 2.72. The van der Waals surface area contributed by atoms with Crippen molar-refractivity contribution in [3.63, 3.8) is 0 Å². The molecule has 0 saturated carbocycles. The van der Waals surface area contributed by atoms with Gasteiger partial charge >= 0.3 is 5.97 Å². The van der Waals surface area contributed by atoms with Crippen LogP contribution in [-0.4, -0.2) is 43.7 Å². The van der Waals surface area contributed by atoms with Gasteiger partial charge < -0.3 is 19.5 Å². The molecular formula is C20H18ClNO6S. The van der Waals surface area contributed by atoms with Gasteiger partial charge in [0.1, 0.15) is 11.5 Å². The van der Waals surface area contributed by atoms with Gasteiger partial charge in [0.15, 0.2) is 6.61 Å². The zero-order valence-electron chi connectivity index (χ0n) is 15.7. The highest BCUT2D eigenvalue weighted by Crippen LogP contribution is 2.38. The third-order valence-electron chi connectivity index (χ3n) is 4.19. The molecular weight excluding hydrogens is 418 g/mol. The molecule has 1 atom stereocenters. The molecule has 9 heteroatoms. The number of carbonyl (C=O) groups excluding carboxylic acids is 3. The number of amides is 1. The number of Topliss-reactive ketones (excluding diaryl/α,β-unsaturated/α-hetero) is 1. The van der Waals surface area contributed by atoms with Gasteiger partial charge in [0.05, 0.1) is 37.1 Å². The number of fused-ring (bicyclic) bond motifs is 1. The second-order valence-corrected chi connectivity index (χ2v) is 7.77. The van der Waals surface area contributed by atoms with E-state index >= 15 is 0 Å². The van der Waals surface area contributed by atoms with E-state index in [1.807, 2.05) is 0 Å². The average Bonchev–Trinajstić information content (AvgIpc) is 2.72. The minimum absolute atomic E-state index is 0.161. The highest BCUT2D eigenvalue weighted by Gasteiger charge is 2.30. The number of hydrogen-bond donors (Lipinski definition) is 1. The van der Waals surface area contributed by atoms with Gasteiger partial charge in [-0.2, -0.15) is 0 Å². The number of carbonyl (C=O) groups is 3. The smallest absolute Gasteiger partial charge is 0.307 e. The molecule has 0 aromatic heterocycles. The van der Waals surface area contributed by atoms with Gasteiger partial charge in [0, 0.05) is 16.0 Å². The predicted molar refractivity (Wildman–Crippen MR) is 109 cm³/mol. The van der Waals surface area contributed by atoms with Crippen molar-refractivity contribution in [3.8, 4) is 11.5 Å². The van der Waals surface area contributed by atoms with Gasteiger partial charge in [-0.25, -0.2) is 0 Å². The monoisotopic (exact) mass is 435 g/mol. The third kappa shape index (κ3) is 5.02. The Morgan fingerprint density at radius 2 is 1.93 bits per heavy atom. The largest absolute Gasteiger partial charge is 0.497 e. The quantitative estimate of drug-likeness (QED) is 0.525. The van der Waals surface area contributed by atoms with E-state index in [-0.39, 0.29) is 17.9 Å². The number of methoxy groups -OCH3 is 2. The predicted octanol–water partition coefficient (Wildman–Crippen LogP) is 3.59. The lowest BCUT2D eigenvalue weighted by molar-refractivity contribution is -0.143. The minimum Gasteiger partial charge on any atom is -0.497 e. The molecule has 2 aromatic rings. The lowest BCUT2D eigenvalue weighted by Gasteiger charge is -2.23. The molecule has 0 spiro atoms. The van der Waals surface area contributed by atoms with E-state index in [4.69, 9.17) is 25.8 Å². The van der Waals surface area contributed by atoms with Crippen molar-refractivity contribution < 1.29 is 28.6 Å². The zero-order valence-corrected chi connectivity index (χ0v) is 17.3. The fraction of sp³-hybridized carbons (Fsp3) is 0.250. The Bertz CT molecular complexity index is 964. The maximum Gasteiger partial charge on any atom is 0.307 e. The second-order valence-electron chi connectivity index (χ2n) is 6.09. The molecule has 1 aliphatic heterocycles. The third-order valence-corrected chi connectivity index (χ3v) is 5.70. The van der Waals surface area contributed by atoms with Crippen molar-refractivity contribution >= 4 is 46.7 Å². The summed E-state index contributed by atoms with van der Waals surface area (Å²) in [4.78, 5) is 37.6. The summed E-state index contributed by atoms with van der Waals surface area (Å²) in [6.45, 7) is -0.452. The van der Waals surface area contributed by atoms with Crippen LogP contribution in [-0.2, 0) is 14.3 Å². The summed E-state index contributed by atoms with van der Waals surface area (Å²) >= 11 is 7.18. The first kappa shape index (κ1) is 21.0. The number of thioether (sulfide) groups is 1. The summed E-state index contributed by atoms with van der Waals surface area (Å²) < 4.78 is 15.4. The maximum atomic E-state index is 12.4. The number of anilines is 1. The first-order chi connectivity index (χ1) is 13.9. The van der Waals surface area contributed by atoms with Crippen LogP contribution in [0.25, 0.3) is 0 Å². The number of rotatable bonds is 7. The van der Waals surface area contributed by atoms with Gasteiger partial charge in [-0.1, -0.05) is 11.6 Å². The number of benzene rings is 2. The number of hydrogen-bond acceptors (Lipinski definition) is 7. The molecule has 1 amide bonds. The lowest BCUT2D eigenvalue weighted by Crippen LogP contribution is -2.31. The molecule has 1 unspecified atom stereocenters. The van der Waals surface area contributed by atoms with E-state index in [1.165, 1.54) is 26.0 Å². The molecule has 7 nitrogen and oxygen atoms in total. The van der Waals surface area contributed by atoms with Gasteiger partial charge in [0.2, 0.25) is 11.7 Å². The van der Waals surface area contributed by atoms with Crippen molar-refractivity contribution in [2.45, 2.75) is 16.6 Å². The van der Waals surface area contributed by atoms with Crippen LogP contribution in [0.4, 0.5) is 5.69 Å². The van der Waals surface area contributed by atoms with Crippen LogP contribution in [0, 0.1) is 0 Å². The Balaban J connectivity index is 1.58. The number of esters is 1. The Morgan fingerprint density at radius 3 is 2.66 bits per heavy atom. The van der Waals surface area contributed by atoms with Crippen LogP contribution in [0.3, 0.4) is 0 Å². The molecule has 0 radical (unpaired) electrons. The molecule has 1 N–H and O–H groups in total. The van der Waals surface area contributed by atoms with Crippen LogP contribution in [0.1, 0.15) is 16.8 Å². The van der Waals surface area contributed by atoms with Crippen molar-refractivity contribution in [1.29, 1.82) is 0 Å². The molecule has 0 aliphatic carbocycles. The van der Waals surface area contributed by atoms with Crippen LogP contribution >= 0.6 is 23.4 Å². The number of halogens is 1. The topological polar surface area (TPSA) is 90.9 Å². The summed E-state index contributed by atoms with van der Waals surface area (Å²) in [5, 5.41) is 2.58. The summed E-state index contributed by atoms with van der Waals surface area (Å²) in [6.07, 6.45) is -0.161. The van der Waals surface area contributed by atoms with Crippen LogP contribution in [0.5, 0.6) is 11.5 Å². The Hall–Kier alpha value is -2.71. The molecule has 29 heavy (non-hydrogen) atoms. The molecule has 152 valence electrons. The van der Waals surface area contributed by atoms with E-state index in [1.54, 1.807) is 36.4 Å². The Morgan fingerprint density at radius 1 is 1.14 bits per heavy atom. The van der Waals surface area contributed by atoms with Gasteiger partial charge in [-0.15, -0.1) is 11.8 Å². The van der Waals surface area contributed by atoms with E-state index in [9.17, 15) is 14.4 Å². The van der Waals surface area contributed by atoms with E-state index < -0.39 is 23.6 Å². The van der Waals surface area contributed by atoms with Crippen LogP contribution in [0.15, 0.2) is 41.3 Å². The minimum atomic E-state index is -0.651. The fourth-order valence-corrected chi connectivity index (χ4v) is 3.97. The van der Waals surface area contributed by atoms with Crippen molar-refractivity contribution in [2.75, 3.05) is 26.1 Å². The highest BCUT2D eigenvalue weighted by molar-refractivity contribution is 8.01. The number of ether oxygens (including phenoxy) is 3. The summed E-state index contributed by atoms with van der Waals surface area (Å²) in [7, 11) is 2.94. The van der Waals surface area contributed by atoms with Crippen LogP contribution < -0.4 is 14.8 Å². The van der Waals surface area contributed by atoms with E-state index in [2.05, 4.69) is 5.32 Å². The molecule has 1 heterocycles. The first-order valence-corrected chi connectivity index (χ1v) is 9.85. The van der Waals surface area contributed by atoms with Gasteiger partial charge in [-0.05, 0) is 30.3 Å². The van der Waals surface area contributed by atoms with E-state index in [0.717, 1.165) is 4.90 Å². The van der Waals surface area contributed by atoms with E-state index in [0.29, 0.717) is 22.2 Å². The van der Waals surface area contributed by atoms with Crippen molar-refractivity contribution in [3.05, 3.63) is 47.0 Å². The Labute approximate surface area is 176 Å². The first-order valence-electron chi connectivity index (χ1n) is 8.59. The molecule has 0 saturated heterocycles.